The van der Waals surface area contributed by atoms with Crippen molar-refractivity contribution in [2.45, 2.75) is 24.4 Å². The van der Waals surface area contributed by atoms with Gasteiger partial charge < -0.3 is 4.90 Å². The van der Waals surface area contributed by atoms with Crippen LogP contribution in [0.5, 0.6) is 0 Å². The quantitative estimate of drug-likeness (QED) is 0.720. The first-order chi connectivity index (χ1) is 13.4. The Kier molecular flexibility index (Phi) is 5.05. The van der Waals surface area contributed by atoms with E-state index in [2.05, 4.69) is 21.8 Å². The number of sulfonamides is 1. The number of likely N-dealkylation sites (N-methyl/N-ethyl adjacent to an activating group) is 1. The zero-order valence-corrected chi connectivity index (χ0v) is 16.9. The molecule has 0 fully saturated rings. The maximum Gasteiger partial charge on any atom is 0.241 e. The van der Waals surface area contributed by atoms with Gasteiger partial charge in [0.25, 0.3) is 0 Å². The summed E-state index contributed by atoms with van der Waals surface area (Å²) in [5, 5.41) is 4.18. The molecule has 1 aliphatic heterocycles. The highest BCUT2D eigenvalue weighted by molar-refractivity contribution is 7.89. The van der Waals surface area contributed by atoms with Crippen LogP contribution in [0.2, 0.25) is 0 Å². The third-order valence-corrected chi connectivity index (χ3v) is 6.65. The molecule has 28 heavy (non-hydrogen) atoms. The van der Waals surface area contributed by atoms with Gasteiger partial charge in [0.1, 0.15) is 0 Å². The van der Waals surface area contributed by atoms with Gasteiger partial charge in [0.15, 0.2) is 0 Å². The van der Waals surface area contributed by atoms with E-state index in [1.54, 1.807) is 10.7 Å². The van der Waals surface area contributed by atoms with Crippen LogP contribution in [-0.4, -0.2) is 36.7 Å². The molecule has 0 saturated heterocycles. The average molecular weight is 397 g/mol. The SMILES string of the molecule is CN1CCc2c(cccc2S(=O)(=O)NCc2ccc(-c3cnn(C)c3)cc2)C1. The number of benzene rings is 2. The number of hydrogen-bond donors (Lipinski definition) is 1. The molecule has 146 valence electrons. The standard InChI is InChI=1S/C21H24N4O2S/c1-24-11-10-20-18(14-24)4-3-5-21(20)28(26,27)23-12-16-6-8-17(9-7-16)19-13-22-25(2)15-19/h3-9,13,15,23H,10-12,14H2,1-2H3. The molecule has 4 rings (SSSR count). The summed E-state index contributed by atoms with van der Waals surface area (Å²) < 4.78 is 30.3. The van der Waals surface area contributed by atoms with Gasteiger partial charge in [-0.1, -0.05) is 36.4 Å². The Morgan fingerprint density at radius 3 is 2.57 bits per heavy atom. The predicted molar refractivity (Wildman–Crippen MR) is 109 cm³/mol. The lowest BCUT2D eigenvalue weighted by molar-refractivity contribution is 0.311. The number of hydrogen-bond acceptors (Lipinski definition) is 4. The Morgan fingerprint density at radius 1 is 1.07 bits per heavy atom. The topological polar surface area (TPSA) is 67.2 Å². The smallest absolute Gasteiger partial charge is 0.241 e. The molecule has 2 heterocycles. The van der Waals surface area contributed by atoms with Crippen LogP contribution in [0.15, 0.2) is 59.8 Å². The summed E-state index contributed by atoms with van der Waals surface area (Å²) in [4.78, 5) is 2.61. The van der Waals surface area contributed by atoms with Crippen molar-refractivity contribution in [3.05, 3.63) is 71.5 Å². The highest BCUT2D eigenvalue weighted by Crippen LogP contribution is 2.25. The van der Waals surface area contributed by atoms with E-state index in [4.69, 9.17) is 0 Å². The van der Waals surface area contributed by atoms with E-state index >= 15 is 0 Å². The van der Waals surface area contributed by atoms with Gasteiger partial charge in [-0.25, -0.2) is 13.1 Å². The fourth-order valence-corrected chi connectivity index (χ4v) is 4.94. The first-order valence-electron chi connectivity index (χ1n) is 9.29. The second-order valence-electron chi connectivity index (χ2n) is 7.31. The monoisotopic (exact) mass is 396 g/mol. The van der Waals surface area contributed by atoms with E-state index in [1.165, 1.54) is 0 Å². The Bertz CT molecular complexity index is 1090. The molecular formula is C21H24N4O2S. The minimum atomic E-state index is -3.56. The summed E-state index contributed by atoms with van der Waals surface area (Å²) in [7, 11) is 0.377. The lowest BCUT2D eigenvalue weighted by atomic mass is 10.0. The van der Waals surface area contributed by atoms with Crippen molar-refractivity contribution in [2.24, 2.45) is 7.05 Å². The fourth-order valence-electron chi connectivity index (χ4n) is 3.61. The molecule has 7 heteroatoms. The number of aryl methyl sites for hydroxylation is 1. The van der Waals surface area contributed by atoms with Crippen LogP contribution in [0.25, 0.3) is 11.1 Å². The second kappa shape index (κ2) is 7.50. The van der Waals surface area contributed by atoms with Crippen molar-refractivity contribution in [3.63, 3.8) is 0 Å². The molecule has 0 radical (unpaired) electrons. The molecule has 0 unspecified atom stereocenters. The summed E-state index contributed by atoms with van der Waals surface area (Å²) in [5.41, 5.74) is 5.05. The van der Waals surface area contributed by atoms with Gasteiger partial charge in [0, 0.05) is 38.4 Å². The number of nitrogens with one attached hydrogen (secondary N) is 1. The lowest BCUT2D eigenvalue weighted by Crippen LogP contribution is -2.30. The number of fused-ring (bicyclic) bond motifs is 1. The molecule has 1 aliphatic rings. The van der Waals surface area contributed by atoms with E-state index in [1.807, 2.05) is 55.8 Å². The zero-order chi connectivity index (χ0) is 19.7. The highest BCUT2D eigenvalue weighted by atomic mass is 32.2. The summed E-state index contributed by atoms with van der Waals surface area (Å²) in [6.45, 7) is 1.92. The number of nitrogens with zero attached hydrogens (tertiary/aromatic N) is 3. The highest BCUT2D eigenvalue weighted by Gasteiger charge is 2.23. The molecule has 0 amide bonds. The molecule has 0 aliphatic carbocycles. The average Bonchev–Trinajstić information content (AvgIpc) is 3.12. The van der Waals surface area contributed by atoms with Crippen molar-refractivity contribution in [1.29, 1.82) is 0 Å². The second-order valence-corrected chi connectivity index (χ2v) is 9.04. The normalized spacial score (nSPS) is 14.8. The lowest BCUT2D eigenvalue weighted by Gasteiger charge is -2.26. The van der Waals surface area contributed by atoms with Gasteiger partial charge in [-0.2, -0.15) is 5.10 Å². The molecule has 0 saturated carbocycles. The first kappa shape index (κ1) is 18.9. The van der Waals surface area contributed by atoms with Crippen LogP contribution in [0, 0.1) is 0 Å². The fraction of sp³-hybridized carbons (Fsp3) is 0.286. The van der Waals surface area contributed by atoms with E-state index < -0.39 is 10.0 Å². The van der Waals surface area contributed by atoms with E-state index in [0.717, 1.165) is 47.3 Å². The third kappa shape index (κ3) is 3.87. The molecule has 6 nitrogen and oxygen atoms in total. The van der Waals surface area contributed by atoms with Crippen molar-refractivity contribution in [1.82, 2.24) is 19.4 Å². The molecule has 1 aromatic heterocycles. The number of aromatic nitrogens is 2. The van der Waals surface area contributed by atoms with Crippen molar-refractivity contribution < 1.29 is 8.42 Å². The van der Waals surface area contributed by atoms with Crippen molar-refractivity contribution in [3.8, 4) is 11.1 Å². The zero-order valence-electron chi connectivity index (χ0n) is 16.1. The van der Waals surface area contributed by atoms with Gasteiger partial charge in [-0.15, -0.1) is 0 Å². The van der Waals surface area contributed by atoms with Crippen LogP contribution in [0.3, 0.4) is 0 Å². The van der Waals surface area contributed by atoms with E-state index in [9.17, 15) is 8.42 Å². The summed E-state index contributed by atoms with van der Waals surface area (Å²) in [6.07, 6.45) is 4.52. The largest absolute Gasteiger partial charge is 0.302 e. The molecular weight excluding hydrogens is 372 g/mol. The van der Waals surface area contributed by atoms with Crippen LogP contribution in [-0.2, 0) is 36.6 Å². The van der Waals surface area contributed by atoms with Gasteiger partial charge in [-0.05, 0) is 41.8 Å². The molecule has 3 aromatic rings. The minimum absolute atomic E-state index is 0.263. The van der Waals surface area contributed by atoms with Crippen molar-refractivity contribution >= 4 is 10.0 Å². The number of rotatable bonds is 5. The van der Waals surface area contributed by atoms with E-state index in [0.29, 0.717) is 4.90 Å². The Morgan fingerprint density at radius 2 is 1.86 bits per heavy atom. The van der Waals surface area contributed by atoms with Crippen LogP contribution >= 0.6 is 0 Å². The molecule has 1 N–H and O–H groups in total. The first-order valence-corrected chi connectivity index (χ1v) is 10.8. The summed E-state index contributed by atoms with van der Waals surface area (Å²) >= 11 is 0. The van der Waals surface area contributed by atoms with Crippen LogP contribution in [0.4, 0.5) is 0 Å². The summed E-state index contributed by atoms with van der Waals surface area (Å²) in [5.74, 6) is 0. The minimum Gasteiger partial charge on any atom is -0.302 e. The molecule has 0 spiro atoms. The van der Waals surface area contributed by atoms with Crippen LogP contribution in [0.1, 0.15) is 16.7 Å². The molecule has 0 atom stereocenters. The van der Waals surface area contributed by atoms with Gasteiger partial charge >= 0.3 is 0 Å². The Labute approximate surface area is 165 Å². The van der Waals surface area contributed by atoms with Gasteiger partial charge in [0.05, 0.1) is 11.1 Å². The maximum atomic E-state index is 12.9. The van der Waals surface area contributed by atoms with Crippen molar-refractivity contribution in [2.75, 3.05) is 13.6 Å². The van der Waals surface area contributed by atoms with Gasteiger partial charge in [-0.3, -0.25) is 4.68 Å². The van der Waals surface area contributed by atoms with Crippen LogP contribution < -0.4 is 4.72 Å². The van der Waals surface area contributed by atoms with Gasteiger partial charge in [0.2, 0.25) is 10.0 Å². The molecule has 0 bridgehead atoms. The van der Waals surface area contributed by atoms with E-state index in [-0.39, 0.29) is 6.54 Å². The summed E-state index contributed by atoms with van der Waals surface area (Å²) in [6, 6.07) is 13.4. The Balaban J connectivity index is 1.50. The molecule has 2 aromatic carbocycles. The maximum absolute atomic E-state index is 12.9. The third-order valence-electron chi connectivity index (χ3n) is 5.16. The predicted octanol–water partition coefficient (Wildman–Crippen LogP) is 2.55. The Hall–Kier alpha value is -2.48.